The molecule has 0 amide bonds. The van der Waals surface area contributed by atoms with E-state index in [9.17, 15) is 14.4 Å². The fraction of sp³-hybridized carbons (Fsp3) is 0.720. The maximum Gasteiger partial charge on any atom is 0.306 e. The number of esters is 3. The van der Waals surface area contributed by atoms with Crippen LogP contribution in [-0.2, 0) is 42.8 Å². The second kappa shape index (κ2) is 32.8. The summed E-state index contributed by atoms with van der Waals surface area (Å²) < 4.78 is 29.8. The lowest BCUT2D eigenvalue weighted by molar-refractivity contribution is -0.161. The van der Waals surface area contributed by atoms with Crippen LogP contribution in [0, 0.1) is 5.41 Å². The fourth-order valence-corrected chi connectivity index (χ4v) is 2.69. The van der Waals surface area contributed by atoms with Crippen molar-refractivity contribution in [3.05, 3.63) is 25.7 Å². The van der Waals surface area contributed by atoms with Crippen molar-refractivity contribution in [3.63, 3.8) is 0 Å². The highest BCUT2D eigenvalue weighted by Gasteiger charge is 2.34. The quantitative estimate of drug-likeness (QED) is 0.0400. The molecule has 0 aliphatic heterocycles. The molecule has 0 heterocycles. The zero-order valence-electron chi connectivity index (χ0n) is 22.8. The second-order valence-electron chi connectivity index (χ2n) is 7.40. The summed E-state index contributed by atoms with van der Waals surface area (Å²) in [6, 6.07) is 0. The number of aliphatic hydroxyl groups is 2. The van der Waals surface area contributed by atoms with E-state index in [1.807, 2.05) is 6.92 Å². The Morgan fingerprint density at radius 2 is 1.03 bits per heavy atom. The van der Waals surface area contributed by atoms with Gasteiger partial charge in [-0.3, -0.25) is 14.4 Å². The Morgan fingerprint density at radius 3 is 1.23 bits per heavy atom. The van der Waals surface area contributed by atoms with Gasteiger partial charge in [0.2, 0.25) is 0 Å². The summed E-state index contributed by atoms with van der Waals surface area (Å²) in [6.07, 6.45) is 3.68. The molecule has 14 heteroatoms. The van der Waals surface area contributed by atoms with Crippen LogP contribution in [0.25, 0.3) is 0 Å². The Bertz CT molecular complexity index is 553. The number of thiol groups is 3. The van der Waals surface area contributed by atoms with Gasteiger partial charge in [-0.25, -0.2) is 0 Å². The summed E-state index contributed by atoms with van der Waals surface area (Å²) in [5, 5.41) is 16.5. The minimum atomic E-state index is -0.773. The Labute approximate surface area is 248 Å². The molecule has 0 aromatic heterocycles. The van der Waals surface area contributed by atoms with Crippen molar-refractivity contribution >= 4 is 55.8 Å². The van der Waals surface area contributed by atoms with Crippen molar-refractivity contribution in [2.45, 2.75) is 32.6 Å². The maximum atomic E-state index is 11.6. The first kappa shape index (κ1) is 42.1. The molecule has 0 radical (unpaired) electrons. The minimum absolute atomic E-state index is 0.00157. The van der Waals surface area contributed by atoms with Crippen LogP contribution in [0.2, 0.25) is 0 Å². The summed E-state index contributed by atoms with van der Waals surface area (Å²) >= 11 is 11.9. The van der Waals surface area contributed by atoms with E-state index in [4.69, 9.17) is 33.9 Å². The highest BCUT2D eigenvalue weighted by atomic mass is 32.1. The molecule has 0 aliphatic carbocycles. The smallest absolute Gasteiger partial charge is 0.306 e. The lowest BCUT2D eigenvalue weighted by Crippen LogP contribution is -2.39. The van der Waals surface area contributed by atoms with Crippen LogP contribution in [0.4, 0.5) is 0 Å². The Balaban J connectivity index is -0.000000706. The standard InChI is InChI=1S/C15H26O6S3.C6H14O4.C4H6O/c1-2-15(9-19-12(16)3-6-22,10-20-13(17)4-7-23)11-21-14(18)5-8-24;7-1-3-9-5-6-10-4-2-8;1-3-5-4-2/h22-24H,2-11H2,1H3;7-8H,1-6H2;3-4H,1-2H2. The number of ether oxygens (including phenoxy) is 6. The van der Waals surface area contributed by atoms with Gasteiger partial charge < -0.3 is 38.6 Å². The molecule has 0 aromatic carbocycles. The van der Waals surface area contributed by atoms with Crippen LogP contribution in [0.5, 0.6) is 0 Å². The van der Waals surface area contributed by atoms with Gasteiger partial charge in [0.15, 0.2) is 0 Å². The van der Waals surface area contributed by atoms with E-state index in [1.165, 1.54) is 12.5 Å². The molecule has 0 fully saturated rings. The highest BCUT2D eigenvalue weighted by molar-refractivity contribution is 7.80. The van der Waals surface area contributed by atoms with Gasteiger partial charge in [-0.1, -0.05) is 20.1 Å². The topological polar surface area (TPSA) is 147 Å². The third-order valence-corrected chi connectivity index (χ3v) is 5.02. The van der Waals surface area contributed by atoms with Crippen LogP contribution in [-0.4, -0.2) is 105 Å². The first-order valence-corrected chi connectivity index (χ1v) is 14.2. The van der Waals surface area contributed by atoms with Crippen molar-refractivity contribution in [3.8, 4) is 0 Å². The molecule has 0 aliphatic rings. The molecular formula is C25H46O11S3. The fourth-order valence-electron chi connectivity index (χ4n) is 2.14. The SMILES string of the molecule is C=COC=C.CCC(COC(=O)CCS)(COC(=O)CCS)COC(=O)CCS.OCCOCCOCCO. The van der Waals surface area contributed by atoms with Crippen LogP contribution in [0.1, 0.15) is 32.6 Å². The normalized spacial score (nSPS) is 10.1. The van der Waals surface area contributed by atoms with E-state index in [0.29, 0.717) is 50.1 Å². The minimum Gasteiger partial charge on any atom is -0.474 e. The maximum absolute atomic E-state index is 11.6. The summed E-state index contributed by atoms with van der Waals surface area (Å²) in [5.41, 5.74) is -0.773. The predicted octanol–water partition coefficient (Wildman–Crippen LogP) is 2.27. The van der Waals surface area contributed by atoms with Crippen molar-refractivity contribution < 1.29 is 53.0 Å². The van der Waals surface area contributed by atoms with Crippen LogP contribution in [0.3, 0.4) is 0 Å². The summed E-state index contributed by atoms with van der Waals surface area (Å²) in [4.78, 5) is 34.7. The van der Waals surface area contributed by atoms with Gasteiger partial charge >= 0.3 is 17.9 Å². The van der Waals surface area contributed by atoms with E-state index >= 15 is 0 Å². The second-order valence-corrected chi connectivity index (χ2v) is 8.74. The van der Waals surface area contributed by atoms with E-state index in [0.717, 1.165) is 0 Å². The summed E-state index contributed by atoms with van der Waals surface area (Å²) in [6.45, 7) is 10.1. The van der Waals surface area contributed by atoms with Gasteiger partial charge in [0.25, 0.3) is 0 Å². The Hall–Kier alpha value is -1.42. The first-order chi connectivity index (χ1) is 18.8. The van der Waals surface area contributed by atoms with Gasteiger partial charge in [0.05, 0.1) is 76.8 Å². The number of carbonyl (C=O) groups excluding carboxylic acids is 3. The number of carbonyl (C=O) groups is 3. The molecule has 0 saturated carbocycles. The average Bonchev–Trinajstić information content (AvgIpc) is 2.92. The summed E-state index contributed by atoms with van der Waals surface area (Å²) in [5.74, 6) is -0.0488. The van der Waals surface area contributed by atoms with Gasteiger partial charge in [-0.2, -0.15) is 37.9 Å². The molecule has 230 valence electrons. The molecule has 39 heavy (non-hydrogen) atoms. The number of aliphatic hydroxyl groups excluding tert-OH is 2. The van der Waals surface area contributed by atoms with Gasteiger partial charge in [0.1, 0.15) is 19.8 Å². The van der Waals surface area contributed by atoms with Gasteiger partial charge in [-0.05, 0) is 6.42 Å². The third kappa shape index (κ3) is 31.0. The molecule has 0 atom stereocenters. The molecule has 0 aromatic rings. The van der Waals surface area contributed by atoms with Crippen molar-refractivity contribution in [2.24, 2.45) is 5.41 Å². The van der Waals surface area contributed by atoms with E-state index in [1.54, 1.807) is 0 Å². The largest absolute Gasteiger partial charge is 0.474 e. The number of rotatable bonds is 22. The Morgan fingerprint density at radius 1 is 0.692 bits per heavy atom. The molecular weight excluding hydrogens is 572 g/mol. The zero-order valence-corrected chi connectivity index (χ0v) is 25.5. The van der Waals surface area contributed by atoms with Crippen LogP contribution < -0.4 is 0 Å². The monoisotopic (exact) mass is 618 g/mol. The predicted molar refractivity (Wildman–Crippen MR) is 158 cm³/mol. The van der Waals surface area contributed by atoms with Gasteiger partial charge in [-0.15, -0.1) is 0 Å². The zero-order chi connectivity index (χ0) is 30.2. The average molecular weight is 619 g/mol. The van der Waals surface area contributed by atoms with E-state index in [-0.39, 0.29) is 52.3 Å². The number of hydrogen-bond donors (Lipinski definition) is 5. The van der Waals surface area contributed by atoms with Crippen molar-refractivity contribution in [2.75, 3.05) is 76.7 Å². The van der Waals surface area contributed by atoms with Crippen molar-refractivity contribution in [1.29, 1.82) is 0 Å². The molecule has 0 rings (SSSR count). The van der Waals surface area contributed by atoms with E-state index < -0.39 is 23.3 Å². The third-order valence-electron chi connectivity index (χ3n) is 4.35. The summed E-state index contributed by atoms with van der Waals surface area (Å²) in [7, 11) is 0. The first-order valence-electron chi connectivity index (χ1n) is 12.3. The van der Waals surface area contributed by atoms with Gasteiger partial charge in [0, 0.05) is 17.3 Å². The highest BCUT2D eigenvalue weighted by Crippen LogP contribution is 2.25. The molecule has 0 spiro atoms. The molecule has 0 unspecified atom stereocenters. The Kier molecular flexibility index (Phi) is 35.4. The van der Waals surface area contributed by atoms with Crippen LogP contribution >= 0.6 is 37.9 Å². The lowest BCUT2D eigenvalue weighted by Gasteiger charge is -2.31. The molecule has 11 nitrogen and oxygen atoms in total. The van der Waals surface area contributed by atoms with Crippen molar-refractivity contribution in [1.82, 2.24) is 0 Å². The lowest BCUT2D eigenvalue weighted by atomic mass is 9.88. The van der Waals surface area contributed by atoms with Crippen LogP contribution in [0.15, 0.2) is 25.7 Å². The molecule has 0 saturated heterocycles. The number of hydrogen-bond acceptors (Lipinski definition) is 14. The van der Waals surface area contributed by atoms with E-state index in [2.05, 4.69) is 55.8 Å². The molecule has 0 bridgehead atoms. The molecule has 2 N–H and O–H groups in total.